The fourth-order valence-corrected chi connectivity index (χ4v) is 3.04. The van der Waals surface area contributed by atoms with Crippen molar-refractivity contribution in [3.8, 4) is 0 Å². The summed E-state index contributed by atoms with van der Waals surface area (Å²) in [6.07, 6.45) is 7.38. The Bertz CT molecular complexity index is 259. The third-order valence-corrected chi connectivity index (χ3v) is 3.98. The van der Waals surface area contributed by atoms with Gasteiger partial charge < -0.3 is 0 Å². The van der Waals surface area contributed by atoms with Gasteiger partial charge in [0.15, 0.2) is 0 Å². The molecule has 0 radical (unpaired) electrons. The Morgan fingerprint density at radius 2 is 1.87 bits per heavy atom. The molecule has 1 aliphatic carbocycles. The normalized spacial score (nSPS) is 19.3. The Hall–Kier alpha value is -0.130. The van der Waals surface area contributed by atoms with Gasteiger partial charge in [0.05, 0.1) is 0 Å². The van der Waals surface area contributed by atoms with Gasteiger partial charge in [0.25, 0.3) is 10.2 Å². The molecule has 90 valence electrons. The molecule has 0 bridgehead atoms. The highest BCUT2D eigenvalue weighted by Crippen LogP contribution is 2.17. The van der Waals surface area contributed by atoms with Gasteiger partial charge in [-0.2, -0.15) is 13.1 Å². The summed E-state index contributed by atoms with van der Waals surface area (Å²) >= 11 is 0. The molecule has 2 N–H and O–H groups in total. The first-order chi connectivity index (χ1) is 7.14. The summed E-state index contributed by atoms with van der Waals surface area (Å²) in [6, 6.07) is 0.151. The second-order valence-corrected chi connectivity index (χ2v) is 5.74. The van der Waals surface area contributed by atoms with E-state index in [1.807, 2.05) is 6.92 Å². The van der Waals surface area contributed by atoms with E-state index in [0.717, 1.165) is 38.5 Å². The highest BCUT2D eigenvalue weighted by Gasteiger charge is 2.19. The fraction of sp³-hybridized carbons (Fsp3) is 1.00. The first-order valence-corrected chi connectivity index (χ1v) is 7.39. The number of hydrogen-bond donors (Lipinski definition) is 2. The minimum atomic E-state index is -3.25. The highest BCUT2D eigenvalue weighted by atomic mass is 32.2. The summed E-state index contributed by atoms with van der Waals surface area (Å²) in [5.41, 5.74) is 0. The smallest absolute Gasteiger partial charge is 0.202 e. The molecule has 0 saturated heterocycles. The number of hydrogen-bond acceptors (Lipinski definition) is 2. The molecule has 0 spiro atoms. The summed E-state index contributed by atoms with van der Waals surface area (Å²) in [6.45, 7) is 2.58. The Balaban J connectivity index is 2.27. The fourth-order valence-electron chi connectivity index (χ4n) is 1.86. The zero-order chi connectivity index (χ0) is 11.1. The van der Waals surface area contributed by atoms with Gasteiger partial charge in [-0.1, -0.05) is 32.6 Å². The van der Waals surface area contributed by atoms with Crippen LogP contribution in [0.15, 0.2) is 0 Å². The molecule has 1 fully saturated rings. The second kappa shape index (κ2) is 6.45. The number of rotatable bonds is 6. The molecule has 0 atom stereocenters. The molecule has 1 aliphatic rings. The van der Waals surface area contributed by atoms with Crippen molar-refractivity contribution in [3.63, 3.8) is 0 Å². The molecule has 4 nitrogen and oxygen atoms in total. The number of nitrogens with one attached hydrogen (secondary N) is 2. The molecule has 0 aromatic carbocycles. The second-order valence-electron chi connectivity index (χ2n) is 4.20. The molecular formula is C10H22N2O2S. The molecule has 0 aromatic rings. The molecule has 15 heavy (non-hydrogen) atoms. The zero-order valence-electron chi connectivity index (χ0n) is 9.46. The van der Waals surface area contributed by atoms with Gasteiger partial charge in [-0.15, -0.1) is 0 Å². The average molecular weight is 234 g/mol. The van der Waals surface area contributed by atoms with Crippen molar-refractivity contribution in [3.05, 3.63) is 0 Å². The van der Waals surface area contributed by atoms with Crippen molar-refractivity contribution in [1.82, 2.24) is 9.44 Å². The van der Waals surface area contributed by atoms with Crippen molar-refractivity contribution in [2.24, 2.45) is 0 Å². The van der Waals surface area contributed by atoms with E-state index in [2.05, 4.69) is 9.44 Å². The Labute approximate surface area is 93.0 Å². The first kappa shape index (κ1) is 12.9. The van der Waals surface area contributed by atoms with E-state index in [0.29, 0.717) is 6.54 Å². The van der Waals surface area contributed by atoms with Gasteiger partial charge in [0.1, 0.15) is 0 Å². The highest BCUT2D eigenvalue weighted by molar-refractivity contribution is 7.87. The quantitative estimate of drug-likeness (QED) is 0.685. The van der Waals surface area contributed by atoms with Crippen LogP contribution in [0.1, 0.15) is 51.9 Å². The third kappa shape index (κ3) is 5.49. The lowest BCUT2D eigenvalue weighted by atomic mass is 9.96. The molecule has 0 amide bonds. The monoisotopic (exact) mass is 234 g/mol. The van der Waals surface area contributed by atoms with Crippen LogP contribution in [-0.4, -0.2) is 21.0 Å². The Morgan fingerprint density at radius 1 is 1.20 bits per heavy atom. The minimum absolute atomic E-state index is 0.151. The lowest BCUT2D eigenvalue weighted by Crippen LogP contribution is -2.43. The van der Waals surface area contributed by atoms with Gasteiger partial charge in [-0.05, 0) is 19.3 Å². The summed E-state index contributed by atoms with van der Waals surface area (Å²) < 4.78 is 28.4. The average Bonchev–Trinajstić information content (AvgIpc) is 2.18. The maximum atomic E-state index is 11.6. The minimum Gasteiger partial charge on any atom is -0.202 e. The summed E-state index contributed by atoms with van der Waals surface area (Å²) in [7, 11) is -3.25. The van der Waals surface area contributed by atoms with Crippen LogP contribution in [0, 0.1) is 0 Å². The van der Waals surface area contributed by atoms with E-state index >= 15 is 0 Å². The van der Waals surface area contributed by atoms with Crippen molar-refractivity contribution in [1.29, 1.82) is 0 Å². The topological polar surface area (TPSA) is 58.2 Å². The Kier molecular flexibility index (Phi) is 5.56. The Morgan fingerprint density at radius 3 is 2.47 bits per heavy atom. The molecular weight excluding hydrogens is 212 g/mol. The van der Waals surface area contributed by atoms with E-state index in [4.69, 9.17) is 0 Å². The number of unbranched alkanes of at least 4 members (excludes halogenated alkanes) is 1. The van der Waals surface area contributed by atoms with Crippen LogP contribution in [-0.2, 0) is 10.2 Å². The third-order valence-electron chi connectivity index (χ3n) is 2.75. The standard InChI is InChI=1S/C10H22N2O2S/c1-2-3-9-11-15(13,14)12-10-7-5-4-6-8-10/h10-12H,2-9H2,1H3. The van der Waals surface area contributed by atoms with Crippen LogP contribution in [0.2, 0.25) is 0 Å². The van der Waals surface area contributed by atoms with Crippen LogP contribution in [0.25, 0.3) is 0 Å². The van der Waals surface area contributed by atoms with Crippen LogP contribution in [0.4, 0.5) is 0 Å². The van der Waals surface area contributed by atoms with Gasteiger partial charge >= 0.3 is 0 Å². The van der Waals surface area contributed by atoms with E-state index in [1.54, 1.807) is 0 Å². The van der Waals surface area contributed by atoms with Gasteiger partial charge in [-0.25, -0.2) is 4.72 Å². The van der Waals surface area contributed by atoms with Gasteiger partial charge in [0, 0.05) is 12.6 Å². The maximum Gasteiger partial charge on any atom is 0.277 e. The molecule has 1 rings (SSSR count). The van der Waals surface area contributed by atoms with E-state index < -0.39 is 10.2 Å². The van der Waals surface area contributed by atoms with Crippen molar-refractivity contribution >= 4 is 10.2 Å². The van der Waals surface area contributed by atoms with E-state index in [9.17, 15) is 8.42 Å². The summed E-state index contributed by atoms with van der Waals surface area (Å²) in [5.74, 6) is 0. The van der Waals surface area contributed by atoms with Crippen LogP contribution < -0.4 is 9.44 Å². The molecule has 0 aromatic heterocycles. The summed E-state index contributed by atoms with van der Waals surface area (Å²) in [4.78, 5) is 0. The lowest BCUT2D eigenvalue weighted by molar-refractivity contribution is 0.410. The van der Waals surface area contributed by atoms with E-state index in [1.165, 1.54) is 6.42 Å². The SMILES string of the molecule is CCCCNS(=O)(=O)NC1CCCCC1. The first-order valence-electron chi connectivity index (χ1n) is 5.91. The summed E-state index contributed by atoms with van der Waals surface area (Å²) in [5, 5.41) is 0. The van der Waals surface area contributed by atoms with E-state index in [-0.39, 0.29) is 6.04 Å². The predicted molar refractivity (Wildman–Crippen MR) is 61.8 cm³/mol. The van der Waals surface area contributed by atoms with Crippen LogP contribution >= 0.6 is 0 Å². The zero-order valence-corrected chi connectivity index (χ0v) is 10.3. The van der Waals surface area contributed by atoms with Crippen molar-refractivity contribution in [2.75, 3.05) is 6.54 Å². The van der Waals surface area contributed by atoms with Crippen LogP contribution in [0.3, 0.4) is 0 Å². The predicted octanol–water partition coefficient (Wildman–Crippen LogP) is 1.54. The molecule has 0 aliphatic heterocycles. The lowest BCUT2D eigenvalue weighted by Gasteiger charge is -2.22. The van der Waals surface area contributed by atoms with Crippen molar-refractivity contribution < 1.29 is 8.42 Å². The largest absolute Gasteiger partial charge is 0.277 e. The van der Waals surface area contributed by atoms with Gasteiger partial charge in [-0.3, -0.25) is 0 Å². The molecule has 1 saturated carbocycles. The molecule has 0 unspecified atom stereocenters. The molecule has 0 heterocycles. The molecule has 5 heteroatoms. The maximum absolute atomic E-state index is 11.6. The van der Waals surface area contributed by atoms with Crippen LogP contribution in [0.5, 0.6) is 0 Å². The van der Waals surface area contributed by atoms with Gasteiger partial charge in [0.2, 0.25) is 0 Å². The van der Waals surface area contributed by atoms with Crippen molar-refractivity contribution in [2.45, 2.75) is 57.9 Å².